The summed E-state index contributed by atoms with van der Waals surface area (Å²) in [6, 6.07) is 0. The molecular weight excluding hydrogens is 356 g/mol. The summed E-state index contributed by atoms with van der Waals surface area (Å²) < 4.78 is 5.41. The van der Waals surface area contributed by atoms with Gasteiger partial charge in [-0.25, -0.2) is 0 Å². The van der Waals surface area contributed by atoms with Crippen LogP contribution in [0.25, 0.3) is 0 Å². The highest BCUT2D eigenvalue weighted by Gasteiger charge is 2.15. The lowest BCUT2D eigenvalue weighted by molar-refractivity contribution is -0.144. The Morgan fingerprint density at radius 3 is 1.59 bits per heavy atom. The second-order valence-electron chi connectivity index (χ2n) is 9.57. The third-order valence-corrected chi connectivity index (χ3v) is 6.74. The van der Waals surface area contributed by atoms with Crippen LogP contribution in [-0.4, -0.2) is 12.6 Å². The summed E-state index contributed by atoms with van der Waals surface area (Å²) in [6.45, 7) is 2.93. The molecule has 0 aromatic heterocycles. The summed E-state index contributed by atoms with van der Waals surface area (Å²) in [7, 11) is 0. The first-order valence-corrected chi connectivity index (χ1v) is 13.5. The Bertz CT molecular complexity index is 346. The van der Waals surface area contributed by atoms with Crippen molar-refractivity contribution >= 4 is 5.97 Å². The van der Waals surface area contributed by atoms with Crippen molar-refractivity contribution in [2.45, 2.75) is 155 Å². The van der Waals surface area contributed by atoms with Gasteiger partial charge in [0.15, 0.2) is 0 Å². The van der Waals surface area contributed by atoms with E-state index in [9.17, 15) is 4.79 Å². The number of ether oxygens (including phenoxy) is 1. The first-order valence-electron chi connectivity index (χ1n) is 13.5. The summed E-state index contributed by atoms with van der Waals surface area (Å²) in [5, 5.41) is 0. The van der Waals surface area contributed by atoms with Crippen LogP contribution in [0.3, 0.4) is 0 Å². The van der Waals surface area contributed by atoms with Gasteiger partial charge in [0, 0.05) is 6.42 Å². The molecule has 0 N–H and O–H groups in total. The molecular formula is C27H52O2. The monoisotopic (exact) mass is 408 g/mol. The van der Waals surface area contributed by atoms with Gasteiger partial charge in [0.05, 0.1) is 6.61 Å². The highest BCUT2D eigenvalue weighted by Crippen LogP contribution is 2.27. The minimum absolute atomic E-state index is 0.0385. The van der Waals surface area contributed by atoms with Gasteiger partial charge in [-0.05, 0) is 18.8 Å². The smallest absolute Gasteiger partial charge is 0.305 e. The predicted molar refractivity (Wildman–Crippen MR) is 126 cm³/mol. The average Bonchev–Trinajstić information content (AvgIpc) is 2.75. The number of unbranched alkanes of at least 4 members (excludes halogenated alkanes) is 15. The molecule has 0 atom stereocenters. The minimum atomic E-state index is 0.0385. The fourth-order valence-corrected chi connectivity index (χ4v) is 4.71. The molecule has 0 heterocycles. The quantitative estimate of drug-likeness (QED) is 0.148. The van der Waals surface area contributed by atoms with Gasteiger partial charge in [-0.3, -0.25) is 4.79 Å². The summed E-state index contributed by atoms with van der Waals surface area (Å²) in [4.78, 5) is 11.8. The molecule has 0 spiro atoms. The number of hydrogen-bond donors (Lipinski definition) is 0. The summed E-state index contributed by atoms with van der Waals surface area (Å²) in [6.07, 6.45) is 30.5. The molecule has 0 aliphatic heterocycles. The molecule has 0 bridgehead atoms. The molecule has 1 aliphatic rings. The molecule has 0 unspecified atom stereocenters. The van der Waals surface area contributed by atoms with Crippen LogP contribution in [0.4, 0.5) is 0 Å². The van der Waals surface area contributed by atoms with Crippen LogP contribution >= 0.6 is 0 Å². The van der Waals surface area contributed by atoms with Crippen LogP contribution in [0.2, 0.25) is 0 Å². The van der Waals surface area contributed by atoms with Crippen molar-refractivity contribution in [3.63, 3.8) is 0 Å². The van der Waals surface area contributed by atoms with Crippen LogP contribution in [-0.2, 0) is 9.53 Å². The van der Waals surface area contributed by atoms with Crippen molar-refractivity contribution in [1.82, 2.24) is 0 Å². The standard InChI is InChI=1S/C27H52O2/c1-2-3-4-5-6-7-8-9-10-11-12-13-14-15-16-20-25-29-27(28)24-23-26-21-18-17-19-22-26/h26H,2-25H2,1H3. The maximum Gasteiger partial charge on any atom is 0.305 e. The van der Waals surface area contributed by atoms with Gasteiger partial charge in [0.1, 0.15) is 0 Å². The Balaban J connectivity index is 1.71. The van der Waals surface area contributed by atoms with Crippen molar-refractivity contribution in [3.8, 4) is 0 Å². The van der Waals surface area contributed by atoms with Crippen molar-refractivity contribution in [3.05, 3.63) is 0 Å². The lowest BCUT2D eigenvalue weighted by Crippen LogP contribution is -2.11. The van der Waals surface area contributed by atoms with Crippen molar-refractivity contribution in [2.24, 2.45) is 5.92 Å². The molecule has 2 heteroatoms. The molecule has 2 nitrogen and oxygen atoms in total. The lowest BCUT2D eigenvalue weighted by Gasteiger charge is -2.20. The normalized spacial score (nSPS) is 14.9. The van der Waals surface area contributed by atoms with Gasteiger partial charge in [-0.15, -0.1) is 0 Å². The zero-order valence-corrected chi connectivity index (χ0v) is 19.9. The average molecular weight is 409 g/mol. The van der Waals surface area contributed by atoms with Crippen LogP contribution in [0.15, 0.2) is 0 Å². The fourth-order valence-electron chi connectivity index (χ4n) is 4.71. The molecule has 1 saturated carbocycles. The largest absolute Gasteiger partial charge is 0.466 e. The Labute approximate surface area is 182 Å². The van der Waals surface area contributed by atoms with Crippen LogP contribution in [0.1, 0.15) is 155 Å². The number of carbonyl (C=O) groups excluding carboxylic acids is 1. The topological polar surface area (TPSA) is 26.3 Å². The second kappa shape index (κ2) is 20.7. The number of esters is 1. The molecule has 1 rings (SSSR count). The van der Waals surface area contributed by atoms with Gasteiger partial charge >= 0.3 is 5.97 Å². The van der Waals surface area contributed by atoms with Crippen LogP contribution in [0.5, 0.6) is 0 Å². The van der Waals surface area contributed by atoms with E-state index >= 15 is 0 Å². The van der Waals surface area contributed by atoms with E-state index in [0.29, 0.717) is 13.0 Å². The minimum Gasteiger partial charge on any atom is -0.466 e. The van der Waals surface area contributed by atoms with E-state index in [4.69, 9.17) is 4.74 Å². The molecule has 1 aliphatic carbocycles. The van der Waals surface area contributed by atoms with E-state index in [1.165, 1.54) is 128 Å². The number of carbonyl (C=O) groups is 1. The molecule has 1 fully saturated rings. The van der Waals surface area contributed by atoms with Crippen LogP contribution < -0.4 is 0 Å². The van der Waals surface area contributed by atoms with E-state index in [1.54, 1.807) is 0 Å². The highest BCUT2D eigenvalue weighted by atomic mass is 16.5. The molecule has 0 amide bonds. The molecule has 0 aromatic carbocycles. The molecule has 172 valence electrons. The summed E-state index contributed by atoms with van der Waals surface area (Å²) in [5.41, 5.74) is 0. The van der Waals surface area contributed by atoms with Crippen molar-refractivity contribution < 1.29 is 9.53 Å². The SMILES string of the molecule is CCCCCCCCCCCCCCCCCCOC(=O)CCC1CCCCC1. The zero-order chi connectivity index (χ0) is 20.8. The van der Waals surface area contributed by atoms with Gasteiger partial charge in [-0.1, -0.05) is 135 Å². The predicted octanol–water partition coefficient (Wildman–Crippen LogP) is 9.15. The third kappa shape index (κ3) is 18.0. The van der Waals surface area contributed by atoms with Gasteiger partial charge in [0.25, 0.3) is 0 Å². The highest BCUT2D eigenvalue weighted by molar-refractivity contribution is 5.69. The van der Waals surface area contributed by atoms with Crippen molar-refractivity contribution in [2.75, 3.05) is 6.61 Å². The van der Waals surface area contributed by atoms with Crippen LogP contribution in [0, 0.1) is 5.92 Å². The maximum absolute atomic E-state index is 11.8. The molecule has 0 radical (unpaired) electrons. The summed E-state index contributed by atoms with van der Waals surface area (Å²) >= 11 is 0. The number of rotatable bonds is 20. The van der Waals surface area contributed by atoms with Gasteiger partial charge in [0.2, 0.25) is 0 Å². The molecule has 0 aromatic rings. The Morgan fingerprint density at radius 2 is 1.10 bits per heavy atom. The Hall–Kier alpha value is -0.530. The van der Waals surface area contributed by atoms with E-state index < -0.39 is 0 Å². The second-order valence-corrected chi connectivity index (χ2v) is 9.57. The van der Waals surface area contributed by atoms with E-state index in [1.807, 2.05) is 0 Å². The van der Waals surface area contributed by atoms with Gasteiger partial charge in [-0.2, -0.15) is 0 Å². The number of hydrogen-bond acceptors (Lipinski definition) is 2. The molecule has 0 saturated heterocycles. The first kappa shape index (κ1) is 26.5. The summed E-state index contributed by atoms with van der Waals surface area (Å²) in [5.74, 6) is 0.823. The van der Waals surface area contributed by atoms with E-state index in [0.717, 1.165) is 18.8 Å². The fraction of sp³-hybridized carbons (Fsp3) is 0.963. The third-order valence-electron chi connectivity index (χ3n) is 6.74. The van der Waals surface area contributed by atoms with Crippen molar-refractivity contribution in [1.29, 1.82) is 0 Å². The van der Waals surface area contributed by atoms with E-state index in [-0.39, 0.29) is 5.97 Å². The lowest BCUT2D eigenvalue weighted by atomic mass is 9.86. The van der Waals surface area contributed by atoms with E-state index in [2.05, 4.69) is 6.92 Å². The molecule has 29 heavy (non-hydrogen) atoms. The zero-order valence-electron chi connectivity index (χ0n) is 19.9. The Kier molecular flexibility index (Phi) is 18.9. The maximum atomic E-state index is 11.8. The Morgan fingerprint density at radius 1 is 0.655 bits per heavy atom. The first-order chi connectivity index (χ1) is 14.3. The van der Waals surface area contributed by atoms with Gasteiger partial charge < -0.3 is 4.74 Å².